The summed E-state index contributed by atoms with van der Waals surface area (Å²) in [4.78, 5) is 32.5. The second kappa shape index (κ2) is 7.29. The van der Waals surface area contributed by atoms with Crippen molar-refractivity contribution in [2.24, 2.45) is 5.92 Å². The Bertz CT molecular complexity index is 793. The zero-order valence-electron chi connectivity index (χ0n) is 13.8. The van der Waals surface area contributed by atoms with E-state index in [1.807, 2.05) is 0 Å². The number of nitrogens with zero attached hydrogens (tertiary/aromatic N) is 2. The third-order valence-corrected chi connectivity index (χ3v) is 4.41. The Morgan fingerprint density at radius 3 is 3.00 bits per heavy atom. The predicted octanol–water partition coefficient (Wildman–Crippen LogP) is 1.53. The van der Waals surface area contributed by atoms with Crippen LogP contribution >= 0.6 is 0 Å². The van der Waals surface area contributed by atoms with Gasteiger partial charge < -0.3 is 15.2 Å². The van der Waals surface area contributed by atoms with Crippen LogP contribution in [0.15, 0.2) is 36.8 Å². The standard InChI is InChI=1S/C18H19N3O4/c1-25-14-4-2-3-11(8-14)16(18(23)24)21-17(22)12-5-6-15-13(7-12)9-19-10-20-15/h2-4,8-10,12,16H,5-7H2,1H3,(H,21,22)(H,23,24)/t12?,16-/m0/s1. The van der Waals surface area contributed by atoms with Gasteiger partial charge in [-0.1, -0.05) is 12.1 Å². The molecule has 1 aliphatic carbocycles. The molecule has 7 heteroatoms. The molecule has 2 atom stereocenters. The van der Waals surface area contributed by atoms with Gasteiger partial charge in [0, 0.05) is 17.8 Å². The highest BCUT2D eigenvalue weighted by atomic mass is 16.5. The molecule has 1 unspecified atom stereocenters. The first-order chi connectivity index (χ1) is 12.1. The van der Waals surface area contributed by atoms with Gasteiger partial charge in [-0.2, -0.15) is 0 Å². The SMILES string of the molecule is COc1cccc([C@H](NC(=O)C2CCc3ncncc3C2)C(=O)O)c1. The molecule has 7 nitrogen and oxygen atoms in total. The summed E-state index contributed by atoms with van der Waals surface area (Å²) >= 11 is 0. The third kappa shape index (κ3) is 3.76. The van der Waals surface area contributed by atoms with Crippen LogP contribution in [0.3, 0.4) is 0 Å². The van der Waals surface area contributed by atoms with Crippen LogP contribution in [0.25, 0.3) is 0 Å². The molecule has 1 amide bonds. The summed E-state index contributed by atoms with van der Waals surface area (Å²) in [6.07, 6.45) is 5.07. The van der Waals surface area contributed by atoms with Crippen molar-refractivity contribution in [3.63, 3.8) is 0 Å². The van der Waals surface area contributed by atoms with Crippen molar-refractivity contribution in [3.05, 3.63) is 53.6 Å². The normalized spacial score (nSPS) is 17.2. The maximum Gasteiger partial charge on any atom is 0.330 e. The van der Waals surface area contributed by atoms with E-state index in [1.165, 1.54) is 13.4 Å². The summed E-state index contributed by atoms with van der Waals surface area (Å²) < 4.78 is 5.13. The van der Waals surface area contributed by atoms with Gasteiger partial charge in [-0.25, -0.2) is 14.8 Å². The molecule has 0 aliphatic heterocycles. The van der Waals surface area contributed by atoms with Gasteiger partial charge in [0.15, 0.2) is 6.04 Å². The Labute approximate surface area is 145 Å². The van der Waals surface area contributed by atoms with Gasteiger partial charge in [-0.05, 0) is 42.5 Å². The van der Waals surface area contributed by atoms with E-state index in [0.29, 0.717) is 30.6 Å². The number of benzene rings is 1. The van der Waals surface area contributed by atoms with E-state index < -0.39 is 12.0 Å². The van der Waals surface area contributed by atoms with Crippen LogP contribution in [0.5, 0.6) is 5.75 Å². The Balaban J connectivity index is 1.74. The molecule has 25 heavy (non-hydrogen) atoms. The second-order valence-corrected chi connectivity index (χ2v) is 5.99. The maximum absolute atomic E-state index is 12.6. The van der Waals surface area contributed by atoms with Crippen LogP contribution in [0.2, 0.25) is 0 Å². The smallest absolute Gasteiger partial charge is 0.330 e. The highest BCUT2D eigenvalue weighted by molar-refractivity contribution is 5.86. The molecular formula is C18H19N3O4. The molecule has 0 radical (unpaired) electrons. The van der Waals surface area contributed by atoms with Gasteiger partial charge in [0.1, 0.15) is 12.1 Å². The largest absolute Gasteiger partial charge is 0.497 e. The number of amides is 1. The number of aliphatic carboxylic acids is 1. The molecule has 0 saturated heterocycles. The van der Waals surface area contributed by atoms with Crippen molar-refractivity contribution in [1.82, 2.24) is 15.3 Å². The van der Waals surface area contributed by atoms with E-state index in [0.717, 1.165) is 11.3 Å². The molecule has 0 bridgehead atoms. The van der Waals surface area contributed by atoms with Crippen LogP contribution in [0.1, 0.15) is 29.3 Å². The zero-order chi connectivity index (χ0) is 17.8. The molecule has 1 aliphatic rings. The van der Waals surface area contributed by atoms with Gasteiger partial charge >= 0.3 is 5.97 Å². The first kappa shape index (κ1) is 16.9. The highest BCUT2D eigenvalue weighted by Crippen LogP contribution is 2.25. The molecular weight excluding hydrogens is 322 g/mol. The number of nitrogens with one attached hydrogen (secondary N) is 1. The minimum absolute atomic E-state index is 0.273. The van der Waals surface area contributed by atoms with Crippen LogP contribution < -0.4 is 10.1 Å². The van der Waals surface area contributed by atoms with E-state index in [4.69, 9.17) is 4.74 Å². The molecule has 1 heterocycles. The number of carbonyl (C=O) groups excluding carboxylic acids is 1. The fourth-order valence-electron chi connectivity index (χ4n) is 3.05. The van der Waals surface area contributed by atoms with E-state index >= 15 is 0 Å². The average Bonchev–Trinajstić information content (AvgIpc) is 2.65. The molecule has 0 fully saturated rings. The fourth-order valence-corrected chi connectivity index (χ4v) is 3.05. The number of methoxy groups -OCH3 is 1. The number of rotatable bonds is 5. The second-order valence-electron chi connectivity index (χ2n) is 5.99. The average molecular weight is 341 g/mol. The van der Waals surface area contributed by atoms with Crippen molar-refractivity contribution in [3.8, 4) is 5.75 Å². The molecule has 0 spiro atoms. The number of hydrogen-bond acceptors (Lipinski definition) is 5. The van der Waals surface area contributed by atoms with Crippen molar-refractivity contribution in [2.75, 3.05) is 7.11 Å². The van der Waals surface area contributed by atoms with Crippen molar-refractivity contribution < 1.29 is 19.4 Å². The Kier molecular flexibility index (Phi) is 4.92. The quantitative estimate of drug-likeness (QED) is 0.855. The lowest BCUT2D eigenvalue weighted by molar-refractivity contribution is -0.142. The monoisotopic (exact) mass is 341 g/mol. The van der Waals surface area contributed by atoms with Gasteiger partial charge in [-0.15, -0.1) is 0 Å². The molecule has 2 aromatic rings. The van der Waals surface area contributed by atoms with Crippen molar-refractivity contribution in [2.45, 2.75) is 25.3 Å². The number of carboxylic acids is 1. The summed E-state index contributed by atoms with van der Waals surface area (Å²) in [6, 6.07) is 5.58. The number of fused-ring (bicyclic) bond motifs is 1. The van der Waals surface area contributed by atoms with E-state index in [1.54, 1.807) is 30.5 Å². The van der Waals surface area contributed by atoms with Gasteiger partial charge in [0.2, 0.25) is 5.91 Å². The zero-order valence-corrected chi connectivity index (χ0v) is 13.8. The summed E-state index contributed by atoms with van der Waals surface area (Å²) in [7, 11) is 1.51. The van der Waals surface area contributed by atoms with Gasteiger partial charge in [0.25, 0.3) is 0 Å². The third-order valence-electron chi connectivity index (χ3n) is 4.41. The number of carbonyl (C=O) groups is 2. The Morgan fingerprint density at radius 2 is 2.24 bits per heavy atom. The van der Waals surface area contributed by atoms with E-state index in [9.17, 15) is 14.7 Å². The first-order valence-electron chi connectivity index (χ1n) is 8.03. The first-order valence-corrected chi connectivity index (χ1v) is 8.03. The lowest BCUT2D eigenvalue weighted by Crippen LogP contribution is -2.39. The summed E-state index contributed by atoms with van der Waals surface area (Å²) in [6.45, 7) is 0. The number of aromatic nitrogens is 2. The molecule has 0 saturated carbocycles. The topological polar surface area (TPSA) is 101 Å². The van der Waals surface area contributed by atoms with E-state index in [2.05, 4.69) is 15.3 Å². The van der Waals surface area contributed by atoms with Crippen LogP contribution in [0.4, 0.5) is 0 Å². The summed E-state index contributed by atoms with van der Waals surface area (Å²) in [5, 5.41) is 12.2. The Morgan fingerprint density at radius 1 is 1.40 bits per heavy atom. The molecule has 1 aromatic heterocycles. The molecule has 1 aromatic carbocycles. The van der Waals surface area contributed by atoms with Gasteiger partial charge in [-0.3, -0.25) is 4.79 Å². The van der Waals surface area contributed by atoms with Crippen LogP contribution in [-0.4, -0.2) is 34.1 Å². The lowest BCUT2D eigenvalue weighted by atomic mass is 9.86. The molecule has 3 rings (SSSR count). The number of ether oxygens (including phenoxy) is 1. The molecule has 2 N–H and O–H groups in total. The molecule has 130 valence electrons. The number of carboxylic acid groups (broad SMARTS) is 1. The minimum atomic E-state index is -1.11. The maximum atomic E-state index is 12.6. The van der Waals surface area contributed by atoms with Crippen molar-refractivity contribution >= 4 is 11.9 Å². The Hall–Kier alpha value is -2.96. The number of hydrogen-bond donors (Lipinski definition) is 2. The summed E-state index contributed by atoms with van der Waals surface area (Å²) in [5.74, 6) is -1.13. The van der Waals surface area contributed by atoms with Crippen LogP contribution in [-0.2, 0) is 22.4 Å². The van der Waals surface area contributed by atoms with Gasteiger partial charge in [0.05, 0.1) is 7.11 Å². The minimum Gasteiger partial charge on any atom is -0.497 e. The highest BCUT2D eigenvalue weighted by Gasteiger charge is 2.29. The number of aryl methyl sites for hydroxylation is 1. The fraction of sp³-hybridized carbons (Fsp3) is 0.333. The van der Waals surface area contributed by atoms with E-state index in [-0.39, 0.29) is 11.8 Å². The summed E-state index contributed by atoms with van der Waals surface area (Å²) in [5.41, 5.74) is 2.38. The predicted molar refractivity (Wildman–Crippen MR) is 89.1 cm³/mol. The van der Waals surface area contributed by atoms with Crippen molar-refractivity contribution in [1.29, 1.82) is 0 Å². The lowest BCUT2D eigenvalue weighted by Gasteiger charge is -2.24. The van der Waals surface area contributed by atoms with Crippen LogP contribution in [0, 0.1) is 5.92 Å².